The van der Waals surface area contributed by atoms with E-state index in [0.29, 0.717) is 29.1 Å². The maximum atomic E-state index is 14.2. The Hall–Kier alpha value is -3.31. The Bertz CT molecular complexity index is 1270. The first-order chi connectivity index (χ1) is 13.8. The zero-order valence-electron chi connectivity index (χ0n) is 15.8. The van der Waals surface area contributed by atoms with Gasteiger partial charge < -0.3 is 9.67 Å². The maximum absolute atomic E-state index is 14.2. The topological polar surface area (TPSA) is 86.3 Å². The van der Waals surface area contributed by atoms with E-state index in [1.807, 2.05) is 6.92 Å². The first kappa shape index (κ1) is 19.0. The molecule has 1 aromatic heterocycles. The fourth-order valence-electron chi connectivity index (χ4n) is 3.79. The number of fused-ring (bicyclic) bond motifs is 3. The van der Waals surface area contributed by atoms with E-state index in [1.165, 1.54) is 40.7 Å². The van der Waals surface area contributed by atoms with Gasteiger partial charge in [0.15, 0.2) is 0 Å². The molecule has 2 aromatic carbocycles. The lowest BCUT2D eigenvalue weighted by Crippen LogP contribution is -2.39. The van der Waals surface area contributed by atoms with Crippen molar-refractivity contribution in [1.82, 2.24) is 4.57 Å². The van der Waals surface area contributed by atoms with Gasteiger partial charge in [0.05, 0.1) is 22.3 Å². The van der Waals surface area contributed by atoms with E-state index in [4.69, 9.17) is 0 Å². The van der Waals surface area contributed by atoms with Crippen molar-refractivity contribution in [2.45, 2.75) is 31.2 Å². The molecule has 0 bridgehead atoms. The van der Waals surface area contributed by atoms with E-state index >= 15 is 0 Å². The smallest absolute Gasteiger partial charge is 0.265 e. The van der Waals surface area contributed by atoms with Gasteiger partial charge in [-0.2, -0.15) is 5.26 Å². The Kier molecular flexibility index (Phi) is 4.35. The summed E-state index contributed by atoms with van der Waals surface area (Å²) in [4.78, 5) is 0.00183. The van der Waals surface area contributed by atoms with E-state index in [1.54, 1.807) is 23.6 Å². The van der Waals surface area contributed by atoms with Crippen molar-refractivity contribution in [2.75, 3.05) is 4.31 Å². The fraction of sp³-hybridized carbons (Fsp3) is 0.190. The van der Waals surface area contributed by atoms with Crippen molar-refractivity contribution in [1.29, 1.82) is 5.26 Å². The van der Waals surface area contributed by atoms with Gasteiger partial charge in [0.1, 0.15) is 23.3 Å². The van der Waals surface area contributed by atoms with E-state index < -0.39 is 21.9 Å². The highest BCUT2D eigenvalue weighted by Gasteiger charge is 2.39. The van der Waals surface area contributed by atoms with Gasteiger partial charge in [0.2, 0.25) is 0 Å². The molecule has 8 heteroatoms. The van der Waals surface area contributed by atoms with Gasteiger partial charge in [-0.25, -0.2) is 12.8 Å². The Morgan fingerprint density at radius 2 is 1.90 bits per heavy atom. The normalized spacial score (nSPS) is 15.5. The number of phenolic OH excluding ortho intramolecular Hbond substituents is 1. The molecular weight excluding hydrogens is 393 g/mol. The molecule has 29 heavy (non-hydrogen) atoms. The number of benzene rings is 2. The Labute approximate surface area is 168 Å². The molecule has 4 rings (SSSR count). The van der Waals surface area contributed by atoms with Crippen molar-refractivity contribution in [3.63, 3.8) is 0 Å². The molecule has 6 nitrogen and oxygen atoms in total. The summed E-state index contributed by atoms with van der Waals surface area (Å²) in [6.07, 6.45) is 0.418. The summed E-state index contributed by atoms with van der Waals surface area (Å²) in [6.45, 7) is 3.45. The third kappa shape index (κ3) is 2.77. The van der Waals surface area contributed by atoms with E-state index in [0.717, 1.165) is 0 Å². The first-order valence-electron chi connectivity index (χ1n) is 9.05. The van der Waals surface area contributed by atoms with Crippen LogP contribution in [0.4, 0.5) is 10.1 Å². The monoisotopic (exact) mass is 411 g/mol. The molecule has 1 N–H and O–H groups in total. The van der Waals surface area contributed by atoms with Crippen molar-refractivity contribution >= 4 is 15.7 Å². The number of hydrogen-bond donors (Lipinski definition) is 1. The molecule has 2 heterocycles. The van der Waals surface area contributed by atoms with Crippen LogP contribution in [0.3, 0.4) is 0 Å². The van der Waals surface area contributed by atoms with Crippen LogP contribution in [0, 0.1) is 24.1 Å². The number of sulfonamides is 1. The van der Waals surface area contributed by atoms with Crippen LogP contribution in [0.1, 0.15) is 36.3 Å². The minimum absolute atomic E-state index is 0.00183. The van der Waals surface area contributed by atoms with E-state index in [2.05, 4.69) is 6.07 Å². The molecule has 0 fully saturated rings. The molecule has 0 amide bonds. The van der Waals surface area contributed by atoms with Gasteiger partial charge in [0.25, 0.3) is 10.0 Å². The minimum atomic E-state index is -4.07. The number of aryl methyl sites for hydroxylation is 1. The number of aromatic hydroxyl groups is 1. The molecule has 0 aliphatic carbocycles. The largest absolute Gasteiger partial charge is 0.508 e. The predicted octanol–water partition coefficient (Wildman–Crippen LogP) is 4.16. The molecule has 1 atom stereocenters. The predicted molar refractivity (Wildman–Crippen MR) is 106 cm³/mol. The number of rotatable bonds is 3. The average Bonchev–Trinajstić information content (AvgIpc) is 3.12. The van der Waals surface area contributed by atoms with Crippen molar-refractivity contribution in [2.24, 2.45) is 0 Å². The number of aromatic nitrogens is 1. The van der Waals surface area contributed by atoms with Gasteiger partial charge >= 0.3 is 0 Å². The molecule has 1 aliphatic heterocycles. The van der Waals surface area contributed by atoms with Gasteiger partial charge in [-0.3, -0.25) is 4.31 Å². The lowest BCUT2D eigenvalue weighted by atomic mass is 10.1. The lowest BCUT2D eigenvalue weighted by Gasteiger charge is -2.38. The second-order valence-corrected chi connectivity index (χ2v) is 8.71. The van der Waals surface area contributed by atoms with Gasteiger partial charge in [-0.15, -0.1) is 0 Å². The maximum Gasteiger partial charge on any atom is 0.265 e. The summed E-state index contributed by atoms with van der Waals surface area (Å²) in [5.74, 6) is -0.580. The molecule has 0 spiro atoms. The zero-order chi connectivity index (χ0) is 20.9. The average molecular weight is 411 g/mol. The Balaban J connectivity index is 2.02. The summed E-state index contributed by atoms with van der Waals surface area (Å²) in [5.41, 5.74) is 2.01. The summed E-state index contributed by atoms with van der Waals surface area (Å²) < 4.78 is 44.3. The van der Waals surface area contributed by atoms with E-state index in [-0.39, 0.29) is 16.3 Å². The van der Waals surface area contributed by atoms with Crippen molar-refractivity contribution in [3.8, 4) is 17.5 Å². The number of phenols is 1. The number of halogens is 1. The zero-order valence-corrected chi connectivity index (χ0v) is 16.6. The van der Waals surface area contributed by atoms with Crippen molar-refractivity contribution < 1.29 is 17.9 Å². The fourth-order valence-corrected chi connectivity index (χ4v) is 5.58. The SMILES string of the molecule is CCC1c2ccc(C#N)n2-c2ccc(F)cc2N1S(=O)(=O)c1ccc(O)c(C)c1. The van der Waals surface area contributed by atoms with Gasteiger partial charge in [0, 0.05) is 11.8 Å². The highest BCUT2D eigenvalue weighted by molar-refractivity contribution is 7.92. The molecule has 1 aliphatic rings. The quantitative estimate of drug-likeness (QED) is 0.701. The van der Waals surface area contributed by atoms with Crippen LogP contribution in [0.5, 0.6) is 5.75 Å². The molecule has 3 aromatic rings. The Morgan fingerprint density at radius 1 is 1.14 bits per heavy atom. The summed E-state index contributed by atoms with van der Waals surface area (Å²) in [5, 5.41) is 19.3. The van der Waals surface area contributed by atoms with Crippen LogP contribution in [0.2, 0.25) is 0 Å². The van der Waals surface area contributed by atoms with Crippen LogP contribution in [0.15, 0.2) is 53.4 Å². The third-order valence-corrected chi connectivity index (χ3v) is 7.00. The number of hydrogen-bond acceptors (Lipinski definition) is 4. The van der Waals surface area contributed by atoms with Crippen LogP contribution >= 0.6 is 0 Å². The number of nitrogens with zero attached hydrogens (tertiary/aromatic N) is 3. The third-order valence-electron chi connectivity index (χ3n) is 5.18. The highest BCUT2D eigenvalue weighted by Crippen LogP contribution is 2.45. The number of nitriles is 1. The van der Waals surface area contributed by atoms with Crippen LogP contribution in [-0.2, 0) is 10.0 Å². The molecule has 0 saturated heterocycles. The van der Waals surface area contributed by atoms with Gasteiger partial charge in [-0.1, -0.05) is 6.92 Å². The standard InChI is InChI=1S/C21H18FN3O3S/c1-3-17-18-8-5-15(12-23)24(18)19-7-4-14(22)11-20(19)25(17)29(27,28)16-6-9-21(26)13(2)10-16/h4-11,17,26H,3H2,1-2H3. The second kappa shape index (κ2) is 6.64. The minimum Gasteiger partial charge on any atom is -0.508 e. The Morgan fingerprint density at radius 3 is 2.55 bits per heavy atom. The van der Waals surface area contributed by atoms with E-state index in [9.17, 15) is 23.2 Å². The summed E-state index contributed by atoms with van der Waals surface area (Å²) >= 11 is 0. The highest BCUT2D eigenvalue weighted by atomic mass is 32.2. The lowest BCUT2D eigenvalue weighted by molar-refractivity contribution is 0.470. The second-order valence-electron chi connectivity index (χ2n) is 6.90. The summed E-state index contributed by atoms with van der Waals surface area (Å²) in [6, 6.07) is 12.8. The summed E-state index contributed by atoms with van der Waals surface area (Å²) in [7, 11) is -4.07. The molecule has 0 saturated carbocycles. The van der Waals surface area contributed by atoms with Crippen LogP contribution in [0.25, 0.3) is 5.69 Å². The molecular formula is C21H18FN3O3S. The molecule has 0 radical (unpaired) electrons. The van der Waals surface area contributed by atoms with Crippen molar-refractivity contribution in [3.05, 3.63) is 71.3 Å². The first-order valence-corrected chi connectivity index (χ1v) is 10.5. The van der Waals surface area contributed by atoms with Gasteiger partial charge in [-0.05, 0) is 61.4 Å². The molecule has 148 valence electrons. The number of anilines is 1. The van der Waals surface area contributed by atoms with Crippen LogP contribution in [-0.4, -0.2) is 18.1 Å². The molecule has 1 unspecified atom stereocenters. The van der Waals surface area contributed by atoms with Crippen LogP contribution < -0.4 is 4.31 Å².